The Morgan fingerprint density at radius 3 is 2.63 bits per heavy atom. The molecule has 27 heavy (non-hydrogen) atoms. The van der Waals surface area contributed by atoms with Gasteiger partial charge in [0.05, 0.1) is 4.70 Å². The summed E-state index contributed by atoms with van der Waals surface area (Å²) in [6.07, 6.45) is 3.50. The van der Waals surface area contributed by atoms with Crippen LogP contribution >= 0.6 is 23.1 Å². The van der Waals surface area contributed by atoms with Gasteiger partial charge in [0.15, 0.2) is 0 Å². The number of nitrogens with zero attached hydrogens (tertiary/aromatic N) is 2. The van der Waals surface area contributed by atoms with E-state index in [9.17, 15) is 9.18 Å². The molecule has 4 nitrogen and oxygen atoms in total. The summed E-state index contributed by atoms with van der Waals surface area (Å²) in [6, 6.07) is 12.6. The number of benzene rings is 2. The molecule has 1 aliphatic rings. The number of hydrogen-bond donors (Lipinski definition) is 0. The Morgan fingerprint density at radius 2 is 1.96 bits per heavy atom. The van der Waals surface area contributed by atoms with Crippen LogP contribution in [0.1, 0.15) is 23.2 Å². The number of thioether (sulfide) groups is 1. The number of ether oxygens (including phenoxy) is 1. The van der Waals surface area contributed by atoms with Crippen LogP contribution in [-0.2, 0) is 0 Å². The normalized spacial score (nSPS) is 15.3. The highest BCUT2D eigenvalue weighted by Gasteiger charge is 2.25. The minimum Gasteiger partial charge on any atom is -0.467 e. The number of thiazole rings is 1. The number of carbonyl (C=O) groups is 1. The van der Waals surface area contributed by atoms with Crippen molar-refractivity contribution in [1.82, 2.24) is 9.88 Å². The Bertz CT molecular complexity index is 950. The zero-order valence-corrected chi connectivity index (χ0v) is 16.5. The first-order valence-corrected chi connectivity index (χ1v) is 10.8. The van der Waals surface area contributed by atoms with Crippen LogP contribution in [0.4, 0.5) is 4.39 Å². The van der Waals surface area contributed by atoms with E-state index >= 15 is 0 Å². The molecule has 1 aliphatic heterocycles. The summed E-state index contributed by atoms with van der Waals surface area (Å²) in [4.78, 5) is 19.9. The smallest absolute Gasteiger partial charge is 0.274 e. The van der Waals surface area contributed by atoms with E-state index in [-0.39, 0.29) is 17.8 Å². The summed E-state index contributed by atoms with van der Waals surface area (Å²) in [5.41, 5.74) is 1.08. The Hall–Kier alpha value is -2.12. The van der Waals surface area contributed by atoms with Crippen LogP contribution in [0, 0.1) is 5.82 Å². The number of halogens is 1. The molecule has 1 fully saturated rings. The lowest BCUT2D eigenvalue weighted by Crippen LogP contribution is -2.41. The second kappa shape index (κ2) is 7.86. The highest BCUT2D eigenvalue weighted by Crippen LogP contribution is 2.31. The fourth-order valence-electron chi connectivity index (χ4n) is 3.18. The second-order valence-corrected chi connectivity index (χ2v) is 8.28. The standard InChI is InChI=1S/C20H19FN2O2S2/c1-26-15-7-5-13(6-8-15)19(24)23-11-9-14(10-12-23)25-20-22-18-16(21)3-2-4-17(18)27-20/h2-8,14H,9-12H2,1H3. The van der Waals surface area contributed by atoms with E-state index in [2.05, 4.69) is 4.98 Å². The maximum absolute atomic E-state index is 13.8. The monoisotopic (exact) mass is 402 g/mol. The highest BCUT2D eigenvalue weighted by atomic mass is 32.2. The molecule has 140 valence electrons. The van der Waals surface area contributed by atoms with E-state index in [0.717, 1.165) is 22.4 Å². The molecule has 0 unspecified atom stereocenters. The molecule has 0 spiro atoms. The Balaban J connectivity index is 1.36. The minimum absolute atomic E-state index is 0.00320. The number of para-hydroxylation sites is 1. The van der Waals surface area contributed by atoms with Crippen molar-refractivity contribution in [3.05, 3.63) is 53.8 Å². The zero-order valence-electron chi connectivity index (χ0n) is 14.9. The van der Waals surface area contributed by atoms with E-state index in [0.29, 0.717) is 29.4 Å². The fraction of sp³-hybridized carbons (Fsp3) is 0.300. The van der Waals surface area contributed by atoms with E-state index in [4.69, 9.17) is 4.74 Å². The molecule has 0 N–H and O–H groups in total. The molecule has 0 aliphatic carbocycles. The van der Waals surface area contributed by atoms with Gasteiger partial charge in [-0.25, -0.2) is 4.39 Å². The van der Waals surface area contributed by atoms with Crippen LogP contribution in [0.5, 0.6) is 5.19 Å². The first kappa shape index (κ1) is 18.3. The van der Waals surface area contributed by atoms with E-state index in [1.807, 2.05) is 41.5 Å². The number of piperidine rings is 1. The highest BCUT2D eigenvalue weighted by molar-refractivity contribution is 7.98. The Morgan fingerprint density at radius 1 is 1.22 bits per heavy atom. The quantitative estimate of drug-likeness (QED) is 0.586. The van der Waals surface area contributed by atoms with Crippen LogP contribution in [-0.4, -0.2) is 41.2 Å². The molecule has 0 atom stereocenters. The summed E-state index contributed by atoms with van der Waals surface area (Å²) < 4.78 is 20.5. The molecular formula is C20H19FN2O2S2. The zero-order chi connectivity index (χ0) is 18.8. The van der Waals surface area contributed by atoms with Gasteiger partial charge in [0.1, 0.15) is 17.4 Å². The topological polar surface area (TPSA) is 42.4 Å². The first-order valence-electron chi connectivity index (χ1n) is 8.79. The number of fused-ring (bicyclic) bond motifs is 1. The molecule has 0 saturated carbocycles. The van der Waals surface area contributed by atoms with Crippen molar-refractivity contribution in [2.75, 3.05) is 19.3 Å². The van der Waals surface area contributed by atoms with Crippen molar-refractivity contribution < 1.29 is 13.9 Å². The molecule has 2 aromatic carbocycles. The van der Waals surface area contributed by atoms with Crippen molar-refractivity contribution in [2.45, 2.75) is 23.8 Å². The van der Waals surface area contributed by atoms with Crippen LogP contribution < -0.4 is 4.74 Å². The minimum atomic E-state index is -0.327. The van der Waals surface area contributed by atoms with Crippen LogP contribution in [0.15, 0.2) is 47.4 Å². The third-order valence-electron chi connectivity index (χ3n) is 4.68. The van der Waals surface area contributed by atoms with E-state index < -0.39 is 0 Å². The molecule has 1 aromatic heterocycles. The van der Waals surface area contributed by atoms with Crippen molar-refractivity contribution >= 4 is 39.2 Å². The van der Waals surface area contributed by atoms with Gasteiger partial charge in [-0.3, -0.25) is 4.79 Å². The summed E-state index contributed by atoms with van der Waals surface area (Å²) in [7, 11) is 0. The molecule has 0 bridgehead atoms. The first-order chi connectivity index (χ1) is 13.1. The van der Waals surface area contributed by atoms with Crippen molar-refractivity contribution in [3.8, 4) is 5.19 Å². The predicted octanol–water partition coefficient (Wildman–Crippen LogP) is 4.84. The van der Waals surface area contributed by atoms with Gasteiger partial charge in [0, 0.05) is 36.4 Å². The average Bonchev–Trinajstić information content (AvgIpc) is 3.12. The Kier molecular flexibility index (Phi) is 5.31. The summed E-state index contributed by atoms with van der Waals surface area (Å²) in [5, 5.41) is 0.493. The number of rotatable bonds is 4. The third kappa shape index (κ3) is 3.94. The number of carbonyl (C=O) groups excluding carboxylic acids is 1. The van der Waals surface area contributed by atoms with Gasteiger partial charge in [-0.15, -0.1) is 11.8 Å². The molecule has 2 heterocycles. The average molecular weight is 403 g/mol. The number of aromatic nitrogens is 1. The van der Waals surface area contributed by atoms with Gasteiger partial charge in [0.25, 0.3) is 11.1 Å². The number of hydrogen-bond acceptors (Lipinski definition) is 5. The van der Waals surface area contributed by atoms with Crippen molar-refractivity contribution in [1.29, 1.82) is 0 Å². The molecule has 3 aromatic rings. The van der Waals surface area contributed by atoms with Gasteiger partial charge in [-0.2, -0.15) is 4.98 Å². The molecule has 1 saturated heterocycles. The van der Waals surface area contributed by atoms with Crippen molar-refractivity contribution in [2.24, 2.45) is 0 Å². The lowest BCUT2D eigenvalue weighted by atomic mass is 10.1. The maximum Gasteiger partial charge on any atom is 0.274 e. The molecule has 4 rings (SSSR count). The summed E-state index contributed by atoms with van der Waals surface area (Å²) in [5.74, 6) is -0.269. The lowest BCUT2D eigenvalue weighted by Gasteiger charge is -2.31. The molecular weight excluding hydrogens is 383 g/mol. The van der Waals surface area contributed by atoms with Crippen LogP contribution in [0.3, 0.4) is 0 Å². The third-order valence-corrected chi connectivity index (χ3v) is 6.34. The fourth-order valence-corrected chi connectivity index (χ4v) is 4.48. The molecule has 1 amide bonds. The van der Waals surface area contributed by atoms with E-state index in [1.165, 1.54) is 17.4 Å². The predicted molar refractivity (Wildman–Crippen MR) is 107 cm³/mol. The number of likely N-dealkylation sites (tertiary alicyclic amines) is 1. The molecule has 7 heteroatoms. The van der Waals surface area contributed by atoms with Gasteiger partial charge in [-0.05, 0) is 42.7 Å². The van der Waals surface area contributed by atoms with Crippen LogP contribution in [0.2, 0.25) is 0 Å². The SMILES string of the molecule is CSc1ccc(C(=O)N2CCC(Oc3nc4c(F)cccc4s3)CC2)cc1. The largest absolute Gasteiger partial charge is 0.467 e. The number of amides is 1. The Labute approximate surface area is 165 Å². The van der Waals surface area contributed by atoms with Gasteiger partial charge < -0.3 is 9.64 Å². The van der Waals surface area contributed by atoms with Crippen molar-refractivity contribution in [3.63, 3.8) is 0 Å². The van der Waals surface area contributed by atoms with Crippen LogP contribution in [0.25, 0.3) is 10.2 Å². The van der Waals surface area contributed by atoms with Gasteiger partial charge in [-0.1, -0.05) is 17.4 Å². The van der Waals surface area contributed by atoms with E-state index in [1.54, 1.807) is 17.8 Å². The van der Waals surface area contributed by atoms with Gasteiger partial charge >= 0.3 is 0 Å². The lowest BCUT2D eigenvalue weighted by molar-refractivity contribution is 0.0595. The second-order valence-electron chi connectivity index (χ2n) is 6.40. The maximum atomic E-state index is 13.8. The summed E-state index contributed by atoms with van der Waals surface area (Å²) >= 11 is 3.01. The summed E-state index contributed by atoms with van der Waals surface area (Å²) in [6.45, 7) is 1.29. The van der Waals surface area contributed by atoms with Gasteiger partial charge in [0.2, 0.25) is 0 Å². The molecule has 0 radical (unpaired) electrons.